The zero-order chi connectivity index (χ0) is 16.2. The predicted octanol–water partition coefficient (Wildman–Crippen LogP) is 2.61. The van der Waals surface area contributed by atoms with E-state index in [9.17, 15) is 17.6 Å². The van der Waals surface area contributed by atoms with Crippen LogP contribution in [0.3, 0.4) is 0 Å². The number of hydrogen-bond donors (Lipinski definition) is 1. The lowest BCUT2D eigenvalue weighted by Gasteiger charge is -2.23. The van der Waals surface area contributed by atoms with Gasteiger partial charge in [0.1, 0.15) is 11.1 Å². The lowest BCUT2D eigenvalue weighted by molar-refractivity contribution is -0.138. The first kappa shape index (κ1) is 16.5. The second-order valence-electron chi connectivity index (χ2n) is 4.96. The fourth-order valence-electron chi connectivity index (χ4n) is 2.39. The lowest BCUT2D eigenvalue weighted by atomic mass is 9.99. The molecule has 2 rings (SSSR count). The maximum atomic E-state index is 13.2. The van der Waals surface area contributed by atoms with Crippen LogP contribution in [0.2, 0.25) is 0 Å². The average molecular weight is 327 g/mol. The van der Waals surface area contributed by atoms with Crippen molar-refractivity contribution >= 4 is 21.7 Å². The summed E-state index contributed by atoms with van der Waals surface area (Å²) in [5.74, 6) is -1.15. The Morgan fingerprint density at radius 3 is 2.91 bits per heavy atom. The Morgan fingerprint density at radius 1 is 1.45 bits per heavy atom. The van der Waals surface area contributed by atoms with Gasteiger partial charge in [-0.25, -0.2) is 17.6 Å². The van der Waals surface area contributed by atoms with E-state index in [-0.39, 0.29) is 17.9 Å². The molecule has 0 radical (unpaired) electrons. The highest BCUT2D eigenvalue weighted by Crippen LogP contribution is 2.27. The molecular formula is C15H18FNO4S. The van der Waals surface area contributed by atoms with Crippen molar-refractivity contribution in [2.24, 2.45) is 0 Å². The van der Waals surface area contributed by atoms with Crippen molar-refractivity contribution in [3.05, 3.63) is 41.7 Å². The second-order valence-corrected chi connectivity index (χ2v) is 6.82. The van der Waals surface area contributed by atoms with Crippen molar-refractivity contribution in [1.82, 2.24) is 0 Å². The molecule has 1 aromatic rings. The molecule has 0 heterocycles. The molecule has 0 aliphatic heterocycles. The third kappa shape index (κ3) is 3.85. The number of halogens is 1. The summed E-state index contributed by atoms with van der Waals surface area (Å²) in [7, 11) is -3.85. The van der Waals surface area contributed by atoms with E-state index in [0.29, 0.717) is 19.3 Å². The van der Waals surface area contributed by atoms with Crippen LogP contribution < -0.4 is 4.72 Å². The van der Waals surface area contributed by atoms with Crippen LogP contribution in [0, 0.1) is 5.82 Å². The highest BCUT2D eigenvalue weighted by atomic mass is 32.2. The van der Waals surface area contributed by atoms with Gasteiger partial charge >= 0.3 is 5.97 Å². The van der Waals surface area contributed by atoms with Gasteiger partial charge in [-0.2, -0.15) is 0 Å². The molecule has 0 amide bonds. The van der Waals surface area contributed by atoms with Gasteiger partial charge in [0.25, 0.3) is 0 Å². The van der Waals surface area contributed by atoms with Crippen molar-refractivity contribution in [2.45, 2.75) is 31.4 Å². The van der Waals surface area contributed by atoms with Crippen LogP contribution >= 0.6 is 0 Å². The molecule has 22 heavy (non-hydrogen) atoms. The van der Waals surface area contributed by atoms with E-state index in [4.69, 9.17) is 4.74 Å². The molecule has 0 aromatic heterocycles. The van der Waals surface area contributed by atoms with Gasteiger partial charge in [-0.3, -0.25) is 4.72 Å². The normalized spacial score (nSPS) is 18.5. The predicted molar refractivity (Wildman–Crippen MR) is 81.3 cm³/mol. The summed E-state index contributed by atoms with van der Waals surface area (Å²) in [5, 5.41) is -0.983. The second kappa shape index (κ2) is 6.91. The van der Waals surface area contributed by atoms with Crippen LogP contribution in [0.1, 0.15) is 26.2 Å². The number of esters is 1. The summed E-state index contributed by atoms with van der Waals surface area (Å²) >= 11 is 0. The van der Waals surface area contributed by atoms with E-state index in [0.717, 1.165) is 6.07 Å². The van der Waals surface area contributed by atoms with Crippen molar-refractivity contribution in [1.29, 1.82) is 0 Å². The zero-order valence-electron chi connectivity index (χ0n) is 12.2. The van der Waals surface area contributed by atoms with Crippen molar-refractivity contribution in [3.8, 4) is 0 Å². The molecule has 1 N–H and O–H groups in total. The Labute approximate surface area is 129 Å². The lowest BCUT2D eigenvalue weighted by Crippen LogP contribution is -2.34. The fourth-order valence-corrected chi connectivity index (χ4v) is 3.99. The van der Waals surface area contributed by atoms with E-state index in [2.05, 4.69) is 4.72 Å². The Balaban J connectivity index is 2.25. The first-order valence-electron chi connectivity index (χ1n) is 7.08. The molecule has 1 aliphatic carbocycles. The highest BCUT2D eigenvalue weighted by molar-refractivity contribution is 7.93. The number of rotatable bonds is 5. The van der Waals surface area contributed by atoms with Crippen LogP contribution in [0.4, 0.5) is 10.1 Å². The summed E-state index contributed by atoms with van der Waals surface area (Å²) < 4.78 is 45.4. The van der Waals surface area contributed by atoms with Crippen LogP contribution in [0.5, 0.6) is 0 Å². The van der Waals surface area contributed by atoms with E-state index in [1.807, 2.05) is 0 Å². The topological polar surface area (TPSA) is 72.5 Å². The molecule has 1 aromatic carbocycles. The molecule has 0 saturated heterocycles. The van der Waals surface area contributed by atoms with Crippen molar-refractivity contribution in [2.75, 3.05) is 11.3 Å². The van der Waals surface area contributed by atoms with Gasteiger partial charge in [0.2, 0.25) is 10.0 Å². The standard InChI is InChI=1S/C15H18FNO4S/c1-2-21-15(18)13-8-3-4-9-14(13)22(19,20)17-12-7-5-6-11(16)10-12/h5-8,10,14,17H,2-4,9H2,1H3. The summed E-state index contributed by atoms with van der Waals surface area (Å²) in [6.07, 6.45) is 3.24. The molecule has 5 nitrogen and oxygen atoms in total. The van der Waals surface area contributed by atoms with Crippen molar-refractivity contribution < 1.29 is 22.3 Å². The summed E-state index contributed by atoms with van der Waals surface area (Å²) in [5.41, 5.74) is 0.283. The Bertz CT molecular complexity index is 685. The number of carbonyl (C=O) groups is 1. The first-order valence-corrected chi connectivity index (χ1v) is 8.63. The maximum Gasteiger partial charge on any atom is 0.335 e. The monoisotopic (exact) mass is 327 g/mol. The Kier molecular flexibility index (Phi) is 5.18. The number of nitrogens with one attached hydrogen (secondary N) is 1. The van der Waals surface area contributed by atoms with Gasteiger partial charge in [0, 0.05) is 0 Å². The van der Waals surface area contributed by atoms with Gasteiger partial charge in [-0.15, -0.1) is 0 Å². The molecular weight excluding hydrogens is 309 g/mol. The number of hydrogen-bond acceptors (Lipinski definition) is 4. The largest absolute Gasteiger partial charge is 0.463 e. The molecule has 1 atom stereocenters. The van der Waals surface area contributed by atoms with E-state index < -0.39 is 27.1 Å². The molecule has 0 spiro atoms. The van der Waals surface area contributed by atoms with Crippen LogP contribution in [-0.4, -0.2) is 26.2 Å². The fraction of sp³-hybridized carbons (Fsp3) is 0.400. The number of benzene rings is 1. The Hall–Kier alpha value is -1.89. The van der Waals surface area contributed by atoms with Gasteiger partial charge in [0.15, 0.2) is 0 Å². The van der Waals surface area contributed by atoms with Crippen molar-refractivity contribution in [3.63, 3.8) is 0 Å². The quantitative estimate of drug-likeness (QED) is 0.844. The van der Waals surface area contributed by atoms with E-state index in [1.54, 1.807) is 13.0 Å². The van der Waals surface area contributed by atoms with Gasteiger partial charge in [-0.05, 0) is 44.4 Å². The van der Waals surface area contributed by atoms with Crippen LogP contribution in [0.25, 0.3) is 0 Å². The van der Waals surface area contributed by atoms with Gasteiger partial charge in [0.05, 0.1) is 17.9 Å². The van der Waals surface area contributed by atoms with Crippen LogP contribution in [-0.2, 0) is 19.6 Å². The first-order chi connectivity index (χ1) is 10.4. The summed E-state index contributed by atoms with van der Waals surface area (Å²) in [6, 6.07) is 5.18. The molecule has 7 heteroatoms. The Morgan fingerprint density at radius 2 is 2.23 bits per heavy atom. The maximum absolute atomic E-state index is 13.2. The number of ether oxygens (including phenoxy) is 1. The number of anilines is 1. The van der Waals surface area contributed by atoms with Gasteiger partial charge < -0.3 is 4.74 Å². The minimum Gasteiger partial charge on any atom is -0.463 e. The smallest absolute Gasteiger partial charge is 0.335 e. The number of sulfonamides is 1. The number of allylic oxidation sites excluding steroid dienone is 1. The zero-order valence-corrected chi connectivity index (χ0v) is 13.0. The third-order valence-corrected chi connectivity index (χ3v) is 5.11. The molecule has 0 bridgehead atoms. The molecule has 1 aliphatic rings. The third-order valence-electron chi connectivity index (χ3n) is 3.35. The highest BCUT2D eigenvalue weighted by Gasteiger charge is 2.35. The molecule has 0 fully saturated rings. The minimum absolute atomic E-state index is 0.133. The average Bonchev–Trinajstić information content (AvgIpc) is 2.47. The number of carbonyl (C=O) groups excluding carboxylic acids is 1. The van der Waals surface area contributed by atoms with E-state index in [1.165, 1.54) is 18.2 Å². The summed E-state index contributed by atoms with van der Waals surface area (Å²) in [6.45, 7) is 1.84. The van der Waals surface area contributed by atoms with Gasteiger partial charge in [-0.1, -0.05) is 12.1 Å². The SMILES string of the molecule is CCOC(=O)C1=CCCCC1S(=O)(=O)Nc1cccc(F)c1. The molecule has 120 valence electrons. The minimum atomic E-state index is -3.85. The summed E-state index contributed by atoms with van der Waals surface area (Å²) in [4.78, 5) is 11.9. The van der Waals surface area contributed by atoms with E-state index >= 15 is 0 Å². The van der Waals surface area contributed by atoms with Crippen LogP contribution in [0.15, 0.2) is 35.9 Å². The molecule has 1 unspecified atom stereocenters. The molecule has 0 saturated carbocycles.